The largest absolute Gasteiger partial charge is 0.316 e. The minimum absolute atomic E-state index is 0.164. The van der Waals surface area contributed by atoms with Crippen molar-refractivity contribution in [1.29, 1.82) is 0 Å². The lowest BCUT2D eigenvalue weighted by molar-refractivity contribution is 0.482. The smallest absolute Gasteiger partial charge is 0.193 e. The third kappa shape index (κ3) is 3.68. The molecule has 2 unspecified atom stereocenters. The van der Waals surface area contributed by atoms with Crippen LogP contribution in [-0.4, -0.2) is 18.8 Å². The number of terminal acetylenes is 1. The second kappa shape index (κ2) is 5.95. The van der Waals surface area contributed by atoms with Crippen molar-refractivity contribution >= 4 is 0 Å². The molecule has 21 heavy (non-hydrogen) atoms. The van der Waals surface area contributed by atoms with E-state index in [1.807, 2.05) is 12.1 Å². The van der Waals surface area contributed by atoms with Crippen molar-refractivity contribution in [1.82, 2.24) is 5.32 Å². The van der Waals surface area contributed by atoms with Crippen LogP contribution in [0.3, 0.4) is 0 Å². The van der Waals surface area contributed by atoms with E-state index in [1.54, 1.807) is 12.1 Å². The Labute approximate surface area is 125 Å². The Morgan fingerprint density at radius 1 is 1.29 bits per heavy atom. The summed E-state index contributed by atoms with van der Waals surface area (Å²) in [5, 5.41) is 11.7. The molecular formula is C17H20FN3. The van der Waals surface area contributed by atoms with Gasteiger partial charge in [0.05, 0.1) is 0 Å². The van der Waals surface area contributed by atoms with Gasteiger partial charge in [-0.3, -0.25) is 0 Å². The molecule has 1 N–H and O–H groups in total. The Morgan fingerprint density at radius 3 is 2.71 bits per heavy atom. The Kier molecular flexibility index (Phi) is 4.03. The lowest BCUT2D eigenvalue weighted by atomic mass is 10.0. The highest BCUT2D eigenvalue weighted by atomic mass is 19.1. The van der Waals surface area contributed by atoms with E-state index in [2.05, 4.69) is 21.5 Å². The van der Waals surface area contributed by atoms with Gasteiger partial charge in [0.15, 0.2) is 5.66 Å². The number of nitrogens with zero attached hydrogens (tertiary/aromatic N) is 2. The van der Waals surface area contributed by atoms with E-state index in [-0.39, 0.29) is 11.5 Å². The van der Waals surface area contributed by atoms with Crippen LogP contribution in [-0.2, 0) is 0 Å². The maximum atomic E-state index is 12.9. The first-order chi connectivity index (χ1) is 10.2. The molecule has 1 aromatic rings. The SMILES string of the molecule is C#CCCC1(CCNCC2CC2c2ccc(F)cc2)N=N1. The molecule has 1 saturated carbocycles. The van der Waals surface area contributed by atoms with Crippen LogP contribution in [0.4, 0.5) is 4.39 Å². The van der Waals surface area contributed by atoms with Gasteiger partial charge in [-0.2, -0.15) is 10.2 Å². The monoisotopic (exact) mass is 285 g/mol. The number of hydrogen-bond donors (Lipinski definition) is 1. The lowest BCUT2D eigenvalue weighted by Crippen LogP contribution is -2.24. The standard InChI is InChI=1S/C17H20FN3/c1-2-3-8-17(20-21-17)9-10-19-12-14-11-16(14)13-4-6-15(18)7-5-13/h1,4-7,14,16,19H,3,8-12H2. The summed E-state index contributed by atoms with van der Waals surface area (Å²) in [6, 6.07) is 6.89. The summed E-state index contributed by atoms with van der Waals surface area (Å²) in [4.78, 5) is 0. The van der Waals surface area contributed by atoms with Crippen LogP contribution in [0.25, 0.3) is 0 Å². The molecule has 2 atom stereocenters. The molecule has 1 fully saturated rings. The zero-order valence-corrected chi connectivity index (χ0v) is 12.1. The van der Waals surface area contributed by atoms with Gasteiger partial charge >= 0.3 is 0 Å². The zero-order chi connectivity index (χ0) is 14.7. The Bertz CT molecular complexity index is 552. The van der Waals surface area contributed by atoms with Crippen LogP contribution in [0.1, 0.15) is 37.2 Å². The number of hydrogen-bond acceptors (Lipinski definition) is 3. The molecular weight excluding hydrogens is 265 g/mol. The predicted octanol–water partition coefficient (Wildman–Crippen LogP) is 3.48. The molecule has 1 aliphatic carbocycles. The normalized spacial score (nSPS) is 24.6. The van der Waals surface area contributed by atoms with E-state index in [4.69, 9.17) is 6.42 Å². The molecule has 3 nitrogen and oxygen atoms in total. The fourth-order valence-corrected chi connectivity index (χ4v) is 2.84. The molecule has 0 bridgehead atoms. The molecule has 110 valence electrons. The van der Waals surface area contributed by atoms with Crippen molar-refractivity contribution in [2.75, 3.05) is 13.1 Å². The molecule has 1 aliphatic heterocycles. The highest BCUT2D eigenvalue weighted by Crippen LogP contribution is 2.47. The number of rotatable bonds is 8. The van der Waals surface area contributed by atoms with Crippen LogP contribution >= 0.6 is 0 Å². The third-order valence-corrected chi connectivity index (χ3v) is 4.38. The third-order valence-electron chi connectivity index (χ3n) is 4.38. The summed E-state index contributed by atoms with van der Waals surface area (Å²) >= 11 is 0. The van der Waals surface area contributed by atoms with Gasteiger partial charge in [0.1, 0.15) is 5.82 Å². The Balaban J connectivity index is 1.33. The first-order valence-electron chi connectivity index (χ1n) is 7.56. The van der Waals surface area contributed by atoms with Crippen molar-refractivity contribution in [3.8, 4) is 12.3 Å². The second-order valence-electron chi connectivity index (χ2n) is 5.99. The minimum atomic E-state index is -0.181. The molecule has 4 heteroatoms. The van der Waals surface area contributed by atoms with Gasteiger partial charge in [0.25, 0.3) is 0 Å². The summed E-state index contributed by atoms with van der Waals surface area (Å²) in [5.41, 5.74) is 1.07. The van der Waals surface area contributed by atoms with Crippen molar-refractivity contribution < 1.29 is 4.39 Å². The summed E-state index contributed by atoms with van der Waals surface area (Å²) in [7, 11) is 0. The van der Waals surface area contributed by atoms with Crippen LogP contribution in [0.15, 0.2) is 34.5 Å². The molecule has 3 rings (SSSR count). The molecule has 0 amide bonds. The molecule has 0 radical (unpaired) electrons. The Hall–Kier alpha value is -1.73. The van der Waals surface area contributed by atoms with Gasteiger partial charge in [-0.1, -0.05) is 12.1 Å². The fraction of sp³-hybridized carbons (Fsp3) is 0.529. The minimum Gasteiger partial charge on any atom is -0.316 e. The van der Waals surface area contributed by atoms with Crippen molar-refractivity contribution in [3.63, 3.8) is 0 Å². The molecule has 0 spiro atoms. The van der Waals surface area contributed by atoms with E-state index in [0.717, 1.165) is 32.4 Å². The number of halogens is 1. The zero-order valence-electron chi connectivity index (χ0n) is 12.1. The predicted molar refractivity (Wildman–Crippen MR) is 80.4 cm³/mol. The molecule has 1 heterocycles. The number of nitrogens with one attached hydrogen (secondary N) is 1. The van der Waals surface area contributed by atoms with E-state index in [0.29, 0.717) is 11.8 Å². The lowest BCUT2D eigenvalue weighted by Gasteiger charge is -2.09. The first kappa shape index (κ1) is 14.2. The highest BCUT2D eigenvalue weighted by Gasteiger charge is 2.40. The highest BCUT2D eigenvalue weighted by molar-refractivity contribution is 5.26. The topological polar surface area (TPSA) is 36.8 Å². The quantitative estimate of drug-likeness (QED) is 0.576. The van der Waals surface area contributed by atoms with E-state index in [9.17, 15) is 4.39 Å². The van der Waals surface area contributed by atoms with Gasteiger partial charge in [-0.25, -0.2) is 4.39 Å². The van der Waals surface area contributed by atoms with Gasteiger partial charge in [0, 0.05) is 19.3 Å². The molecule has 1 aromatic carbocycles. The van der Waals surface area contributed by atoms with Crippen LogP contribution in [0.5, 0.6) is 0 Å². The van der Waals surface area contributed by atoms with Gasteiger partial charge in [0.2, 0.25) is 0 Å². The van der Waals surface area contributed by atoms with E-state index < -0.39 is 0 Å². The van der Waals surface area contributed by atoms with Gasteiger partial charge < -0.3 is 5.32 Å². The summed E-state index contributed by atoms with van der Waals surface area (Å²) < 4.78 is 12.9. The molecule has 0 aromatic heterocycles. The average molecular weight is 285 g/mol. The fourth-order valence-electron chi connectivity index (χ4n) is 2.84. The van der Waals surface area contributed by atoms with Gasteiger partial charge in [-0.05, 0) is 49.0 Å². The van der Waals surface area contributed by atoms with Crippen LogP contribution in [0.2, 0.25) is 0 Å². The average Bonchev–Trinajstić information content (AvgIpc) is 3.39. The molecule has 0 saturated heterocycles. The van der Waals surface area contributed by atoms with E-state index >= 15 is 0 Å². The van der Waals surface area contributed by atoms with Crippen molar-refractivity contribution in [3.05, 3.63) is 35.6 Å². The van der Waals surface area contributed by atoms with Crippen molar-refractivity contribution in [2.24, 2.45) is 16.1 Å². The summed E-state index contributed by atoms with van der Waals surface area (Å²) in [6.07, 6.45) is 9.00. The first-order valence-corrected chi connectivity index (χ1v) is 7.56. The van der Waals surface area contributed by atoms with E-state index in [1.165, 1.54) is 12.0 Å². The molecule has 2 aliphatic rings. The van der Waals surface area contributed by atoms with Crippen LogP contribution in [0, 0.1) is 24.1 Å². The maximum Gasteiger partial charge on any atom is 0.193 e. The Morgan fingerprint density at radius 2 is 2.05 bits per heavy atom. The summed E-state index contributed by atoms with van der Waals surface area (Å²) in [6.45, 7) is 1.93. The van der Waals surface area contributed by atoms with Gasteiger partial charge in [-0.15, -0.1) is 12.3 Å². The maximum absolute atomic E-state index is 12.9. The second-order valence-corrected chi connectivity index (χ2v) is 5.99. The van der Waals surface area contributed by atoms with Crippen LogP contribution < -0.4 is 5.32 Å². The summed E-state index contributed by atoms with van der Waals surface area (Å²) in [5.74, 6) is 3.74. The van der Waals surface area contributed by atoms with Crippen molar-refractivity contribution in [2.45, 2.75) is 37.3 Å². The number of benzene rings is 1.